The molecule has 0 heterocycles. The van der Waals surface area contributed by atoms with E-state index in [1.807, 2.05) is 0 Å². The lowest BCUT2D eigenvalue weighted by Crippen LogP contribution is -2.31. The van der Waals surface area contributed by atoms with Crippen LogP contribution >= 0.6 is 23.2 Å². The van der Waals surface area contributed by atoms with Gasteiger partial charge in [0, 0.05) is 28.1 Å². The zero-order chi connectivity index (χ0) is 14.5. The molecule has 1 N–H and O–H groups in total. The third-order valence-electron chi connectivity index (χ3n) is 3.71. The maximum absolute atomic E-state index is 12.0. The Hall–Kier alpha value is -1.24. The van der Waals surface area contributed by atoms with Crippen LogP contribution in [0.2, 0.25) is 10.0 Å². The van der Waals surface area contributed by atoms with Crippen LogP contribution in [0.4, 0.5) is 0 Å². The second-order valence-electron chi connectivity index (χ2n) is 5.21. The fourth-order valence-electron chi connectivity index (χ4n) is 2.52. The minimum atomic E-state index is -0.156. The Morgan fingerprint density at radius 1 is 1.20 bits per heavy atom. The van der Waals surface area contributed by atoms with Crippen molar-refractivity contribution in [3.63, 3.8) is 0 Å². The quantitative estimate of drug-likeness (QED) is 0.915. The molecule has 1 aliphatic rings. The first-order chi connectivity index (χ1) is 9.58. The SMILES string of the molecule is N#CC1CCC(CNC(=O)c2cc(Cl)cc(Cl)c2)CC1. The minimum absolute atomic E-state index is 0.156. The highest BCUT2D eigenvalue weighted by Crippen LogP contribution is 2.27. The molecule has 1 saturated carbocycles. The molecule has 5 heteroatoms. The van der Waals surface area contributed by atoms with Crippen molar-refractivity contribution in [1.29, 1.82) is 5.26 Å². The van der Waals surface area contributed by atoms with Gasteiger partial charge in [0.25, 0.3) is 5.91 Å². The van der Waals surface area contributed by atoms with Gasteiger partial charge in [-0.1, -0.05) is 23.2 Å². The van der Waals surface area contributed by atoms with Crippen LogP contribution in [0.3, 0.4) is 0 Å². The predicted octanol–water partition coefficient (Wildman–Crippen LogP) is 4.05. The van der Waals surface area contributed by atoms with Crippen LogP contribution in [0, 0.1) is 23.2 Å². The van der Waals surface area contributed by atoms with E-state index in [1.54, 1.807) is 18.2 Å². The van der Waals surface area contributed by atoms with E-state index in [0.29, 0.717) is 28.1 Å². The molecule has 2 rings (SSSR count). The van der Waals surface area contributed by atoms with Gasteiger partial charge in [-0.25, -0.2) is 0 Å². The molecule has 0 aliphatic heterocycles. The van der Waals surface area contributed by atoms with E-state index in [1.165, 1.54) is 0 Å². The van der Waals surface area contributed by atoms with Gasteiger partial charge in [-0.3, -0.25) is 4.79 Å². The summed E-state index contributed by atoms with van der Waals surface area (Å²) < 4.78 is 0. The maximum Gasteiger partial charge on any atom is 0.251 e. The van der Waals surface area contributed by atoms with E-state index in [4.69, 9.17) is 28.5 Å². The Labute approximate surface area is 128 Å². The molecule has 0 spiro atoms. The largest absolute Gasteiger partial charge is 0.352 e. The topological polar surface area (TPSA) is 52.9 Å². The van der Waals surface area contributed by atoms with E-state index < -0.39 is 0 Å². The van der Waals surface area contributed by atoms with Gasteiger partial charge < -0.3 is 5.32 Å². The van der Waals surface area contributed by atoms with Crippen molar-refractivity contribution in [2.75, 3.05) is 6.54 Å². The molecule has 1 aromatic carbocycles. The second-order valence-corrected chi connectivity index (χ2v) is 6.09. The first-order valence-corrected chi connectivity index (χ1v) is 7.48. The number of carbonyl (C=O) groups is 1. The van der Waals surface area contributed by atoms with Crippen molar-refractivity contribution >= 4 is 29.1 Å². The van der Waals surface area contributed by atoms with E-state index in [9.17, 15) is 4.79 Å². The first-order valence-electron chi connectivity index (χ1n) is 6.72. The smallest absolute Gasteiger partial charge is 0.251 e. The standard InChI is InChI=1S/C15H16Cl2N2O/c16-13-5-12(6-14(17)7-13)15(20)19-9-11-3-1-10(8-18)2-4-11/h5-7,10-11H,1-4,9H2,(H,19,20). The van der Waals surface area contributed by atoms with Gasteiger partial charge in [0.2, 0.25) is 0 Å². The first kappa shape index (κ1) is 15.2. The second kappa shape index (κ2) is 6.97. The molecule has 20 heavy (non-hydrogen) atoms. The molecule has 0 aromatic heterocycles. The van der Waals surface area contributed by atoms with Gasteiger partial charge in [-0.15, -0.1) is 0 Å². The van der Waals surface area contributed by atoms with Gasteiger partial charge in [0.05, 0.1) is 6.07 Å². The summed E-state index contributed by atoms with van der Waals surface area (Å²) in [5.41, 5.74) is 0.480. The van der Waals surface area contributed by atoms with Crippen LogP contribution in [0.25, 0.3) is 0 Å². The summed E-state index contributed by atoms with van der Waals surface area (Å²) >= 11 is 11.8. The molecule has 0 saturated heterocycles. The zero-order valence-electron chi connectivity index (χ0n) is 11.0. The molecular weight excluding hydrogens is 295 g/mol. The molecule has 0 bridgehead atoms. The Kier molecular flexibility index (Phi) is 5.28. The summed E-state index contributed by atoms with van der Waals surface area (Å²) in [5.74, 6) is 0.490. The lowest BCUT2D eigenvalue weighted by atomic mass is 9.83. The van der Waals surface area contributed by atoms with Crippen LogP contribution in [0.1, 0.15) is 36.0 Å². The maximum atomic E-state index is 12.0. The molecular formula is C15H16Cl2N2O. The van der Waals surface area contributed by atoms with Crippen LogP contribution in [-0.4, -0.2) is 12.5 Å². The molecule has 0 radical (unpaired) electrons. The molecule has 1 amide bonds. The van der Waals surface area contributed by atoms with Crippen molar-refractivity contribution < 1.29 is 4.79 Å². The van der Waals surface area contributed by atoms with Gasteiger partial charge >= 0.3 is 0 Å². The highest BCUT2D eigenvalue weighted by Gasteiger charge is 2.21. The van der Waals surface area contributed by atoms with Crippen LogP contribution in [0.15, 0.2) is 18.2 Å². The van der Waals surface area contributed by atoms with E-state index in [-0.39, 0.29) is 11.8 Å². The fraction of sp³-hybridized carbons (Fsp3) is 0.467. The highest BCUT2D eigenvalue weighted by atomic mass is 35.5. The van der Waals surface area contributed by atoms with Gasteiger partial charge in [0.15, 0.2) is 0 Å². The third-order valence-corrected chi connectivity index (χ3v) is 4.14. The van der Waals surface area contributed by atoms with Gasteiger partial charge in [0.1, 0.15) is 0 Å². The number of nitriles is 1. The number of hydrogen-bond donors (Lipinski definition) is 1. The molecule has 3 nitrogen and oxygen atoms in total. The van der Waals surface area contributed by atoms with Crippen molar-refractivity contribution in [3.8, 4) is 6.07 Å². The molecule has 0 unspecified atom stereocenters. The zero-order valence-corrected chi connectivity index (χ0v) is 12.5. The Bertz CT molecular complexity index is 511. The highest BCUT2D eigenvalue weighted by molar-refractivity contribution is 6.35. The Morgan fingerprint density at radius 3 is 2.35 bits per heavy atom. The monoisotopic (exact) mass is 310 g/mol. The minimum Gasteiger partial charge on any atom is -0.352 e. The third kappa shape index (κ3) is 4.13. The summed E-state index contributed by atoms with van der Waals surface area (Å²) in [6.07, 6.45) is 3.85. The number of carbonyl (C=O) groups excluding carboxylic acids is 1. The predicted molar refractivity (Wildman–Crippen MR) is 79.9 cm³/mol. The van der Waals surface area contributed by atoms with Crippen LogP contribution in [-0.2, 0) is 0 Å². The van der Waals surface area contributed by atoms with Crippen molar-refractivity contribution in [1.82, 2.24) is 5.32 Å². The summed E-state index contributed by atoms with van der Waals surface area (Å²) in [7, 11) is 0. The summed E-state index contributed by atoms with van der Waals surface area (Å²) in [6.45, 7) is 0.640. The van der Waals surface area contributed by atoms with Crippen LogP contribution in [0.5, 0.6) is 0 Å². The number of nitrogens with one attached hydrogen (secondary N) is 1. The number of nitrogens with zero attached hydrogens (tertiary/aromatic N) is 1. The van der Waals surface area contributed by atoms with Crippen molar-refractivity contribution in [3.05, 3.63) is 33.8 Å². The lowest BCUT2D eigenvalue weighted by Gasteiger charge is -2.24. The Balaban J connectivity index is 1.85. The number of hydrogen-bond acceptors (Lipinski definition) is 2. The van der Waals surface area contributed by atoms with E-state index in [2.05, 4.69) is 11.4 Å². The average Bonchev–Trinajstić information content (AvgIpc) is 2.44. The van der Waals surface area contributed by atoms with Crippen molar-refractivity contribution in [2.45, 2.75) is 25.7 Å². The van der Waals surface area contributed by atoms with Crippen LogP contribution < -0.4 is 5.32 Å². The van der Waals surface area contributed by atoms with E-state index in [0.717, 1.165) is 25.7 Å². The van der Waals surface area contributed by atoms with Gasteiger partial charge in [-0.2, -0.15) is 5.26 Å². The average molecular weight is 311 g/mol. The number of amides is 1. The number of halogens is 2. The molecule has 0 atom stereocenters. The summed E-state index contributed by atoms with van der Waals surface area (Å²) in [4.78, 5) is 12.0. The van der Waals surface area contributed by atoms with Crippen molar-refractivity contribution in [2.24, 2.45) is 11.8 Å². The lowest BCUT2D eigenvalue weighted by molar-refractivity contribution is 0.0942. The molecule has 1 aliphatic carbocycles. The normalized spacial score (nSPS) is 22.1. The van der Waals surface area contributed by atoms with Gasteiger partial charge in [-0.05, 0) is 49.8 Å². The molecule has 1 aromatic rings. The number of rotatable bonds is 3. The molecule has 106 valence electrons. The summed E-state index contributed by atoms with van der Waals surface area (Å²) in [5, 5.41) is 12.7. The molecule has 1 fully saturated rings. The number of benzene rings is 1. The summed E-state index contributed by atoms with van der Waals surface area (Å²) in [6, 6.07) is 7.12. The van der Waals surface area contributed by atoms with E-state index >= 15 is 0 Å². The Morgan fingerprint density at radius 2 is 1.80 bits per heavy atom. The fourth-order valence-corrected chi connectivity index (χ4v) is 3.05.